The van der Waals surface area contributed by atoms with Gasteiger partial charge in [-0.1, -0.05) is 6.07 Å². The number of nitrogens with zero attached hydrogens (tertiary/aromatic N) is 3. The van der Waals surface area contributed by atoms with E-state index in [1.807, 2.05) is 12.1 Å². The van der Waals surface area contributed by atoms with Crippen LogP contribution in [-0.2, 0) is 0 Å². The summed E-state index contributed by atoms with van der Waals surface area (Å²) in [5.74, 6) is 0. The molecule has 0 fully saturated rings. The van der Waals surface area contributed by atoms with E-state index in [0.29, 0.717) is 5.65 Å². The smallest absolute Gasteiger partial charge is 0.161 e. The van der Waals surface area contributed by atoms with Crippen LogP contribution in [0.15, 0.2) is 24.7 Å². The highest BCUT2D eigenvalue weighted by Gasteiger charge is 2.06. The lowest BCUT2D eigenvalue weighted by atomic mass is 10.2. The average molecular weight is 163 g/mol. The molecule has 0 saturated heterocycles. The number of hydrogen-bond donors (Lipinski definition) is 1. The van der Waals surface area contributed by atoms with E-state index in [9.17, 15) is 5.11 Å². The summed E-state index contributed by atoms with van der Waals surface area (Å²) >= 11 is 0. The van der Waals surface area contributed by atoms with E-state index in [2.05, 4.69) is 10.1 Å². The molecule has 1 atom stereocenters. The van der Waals surface area contributed by atoms with Crippen LogP contribution in [0, 0.1) is 0 Å². The number of rotatable bonds is 1. The van der Waals surface area contributed by atoms with Crippen LogP contribution in [0.2, 0.25) is 0 Å². The van der Waals surface area contributed by atoms with Gasteiger partial charge in [-0.15, -0.1) is 0 Å². The molecule has 12 heavy (non-hydrogen) atoms. The molecule has 0 bridgehead atoms. The molecule has 0 aliphatic carbocycles. The van der Waals surface area contributed by atoms with Crippen molar-refractivity contribution in [3.63, 3.8) is 0 Å². The Morgan fingerprint density at radius 1 is 1.58 bits per heavy atom. The van der Waals surface area contributed by atoms with E-state index in [0.717, 1.165) is 5.56 Å². The van der Waals surface area contributed by atoms with Crippen molar-refractivity contribution >= 4 is 5.65 Å². The van der Waals surface area contributed by atoms with Crippen molar-refractivity contribution in [2.24, 2.45) is 0 Å². The third-order valence-electron chi connectivity index (χ3n) is 1.78. The third-order valence-corrected chi connectivity index (χ3v) is 1.78. The maximum Gasteiger partial charge on any atom is 0.161 e. The molecule has 2 aromatic heterocycles. The first kappa shape index (κ1) is 7.24. The summed E-state index contributed by atoms with van der Waals surface area (Å²) in [6.45, 7) is 1.71. The predicted molar refractivity (Wildman–Crippen MR) is 43.6 cm³/mol. The molecule has 0 aliphatic rings. The summed E-state index contributed by atoms with van der Waals surface area (Å²) in [6, 6.07) is 3.68. The van der Waals surface area contributed by atoms with Crippen LogP contribution >= 0.6 is 0 Å². The molecule has 4 heteroatoms. The topological polar surface area (TPSA) is 50.4 Å². The van der Waals surface area contributed by atoms with Crippen molar-refractivity contribution in [1.82, 2.24) is 14.6 Å². The predicted octanol–water partition coefficient (Wildman–Crippen LogP) is 0.783. The first-order chi connectivity index (χ1) is 5.79. The van der Waals surface area contributed by atoms with Crippen molar-refractivity contribution in [3.8, 4) is 0 Å². The van der Waals surface area contributed by atoms with Crippen LogP contribution in [0.3, 0.4) is 0 Å². The first-order valence-corrected chi connectivity index (χ1v) is 3.75. The molecular weight excluding hydrogens is 154 g/mol. The standard InChI is InChI=1S/C8H9N3O/c1-6(12)7-3-2-4-11-8(7)9-5-10-11/h2-6,12H,1H3. The Hall–Kier alpha value is -1.42. The van der Waals surface area contributed by atoms with Gasteiger partial charge in [-0.2, -0.15) is 5.10 Å². The molecule has 4 nitrogen and oxygen atoms in total. The number of aromatic nitrogens is 3. The molecule has 2 heterocycles. The second kappa shape index (κ2) is 2.57. The fourth-order valence-electron chi connectivity index (χ4n) is 1.19. The Balaban J connectivity index is 2.73. The summed E-state index contributed by atoms with van der Waals surface area (Å²) in [5.41, 5.74) is 1.52. The van der Waals surface area contributed by atoms with Crippen molar-refractivity contribution < 1.29 is 5.11 Å². The number of hydrogen-bond acceptors (Lipinski definition) is 3. The van der Waals surface area contributed by atoms with Gasteiger partial charge >= 0.3 is 0 Å². The minimum atomic E-state index is -0.502. The zero-order valence-electron chi connectivity index (χ0n) is 6.68. The van der Waals surface area contributed by atoms with Crippen LogP contribution in [0.1, 0.15) is 18.6 Å². The number of aliphatic hydroxyl groups excluding tert-OH is 1. The Kier molecular flexibility index (Phi) is 1.55. The van der Waals surface area contributed by atoms with Crippen LogP contribution in [0.5, 0.6) is 0 Å². The van der Waals surface area contributed by atoms with E-state index in [4.69, 9.17) is 0 Å². The van der Waals surface area contributed by atoms with Gasteiger partial charge in [0.2, 0.25) is 0 Å². The fraction of sp³-hybridized carbons (Fsp3) is 0.250. The molecule has 1 N–H and O–H groups in total. The van der Waals surface area contributed by atoms with Crippen LogP contribution < -0.4 is 0 Å². The molecule has 2 rings (SSSR count). The normalized spacial score (nSPS) is 13.5. The monoisotopic (exact) mass is 163 g/mol. The van der Waals surface area contributed by atoms with Gasteiger partial charge in [0.15, 0.2) is 5.65 Å². The van der Waals surface area contributed by atoms with Gasteiger partial charge in [-0.05, 0) is 13.0 Å². The molecular formula is C8H9N3O. The molecule has 62 valence electrons. The molecule has 1 unspecified atom stereocenters. The number of fused-ring (bicyclic) bond motifs is 1. The minimum absolute atomic E-state index is 0.502. The van der Waals surface area contributed by atoms with Gasteiger partial charge < -0.3 is 5.11 Å². The molecule has 0 saturated carbocycles. The van der Waals surface area contributed by atoms with Crippen molar-refractivity contribution in [1.29, 1.82) is 0 Å². The van der Waals surface area contributed by atoms with E-state index in [1.165, 1.54) is 6.33 Å². The average Bonchev–Trinajstić information content (AvgIpc) is 2.49. The zero-order valence-corrected chi connectivity index (χ0v) is 6.68. The molecule has 0 aliphatic heterocycles. The summed E-state index contributed by atoms with van der Waals surface area (Å²) in [6.07, 6.45) is 2.77. The van der Waals surface area contributed by atoms with Gasteiger partial charge in [0, 0.05) is 11.8 Å². The Morgan fingerprint density at radius 2 is 2.42 bits per heavy atom. The van der Waals surface area contributed by atoms with E-state index in [1.54, 1.807) is 17.6 Å². The van der Waals surface area contributed by atoms with E-state index >= 15 is 0 Å². The maximum atomic E-state index is 9.36. The fourth-order valence-corrected chi connectivity index (χ4v) is 1.19. The van der Waals surface area contributed by atoms with Gasteiger partial charge in [0.05, 0.1) is 6.10 Å². The van der Waals surface area contributed by atoms with Gasteiger partial charge in [-0.3, -0.25) is 0 Å². The SMILES string of the molecule is CC(O)c1cccn2ncnc12. The van der Waals surface area contributed by atoms with Gasteiger partial charge in [-0.25, -0.2) is 9.50 Å². The minimum Gasteiger partial charge on any atom is -0.389 e. The Morgan fingerprint density at radius 3 is 3.17 bits per heavy atom. The van der Waals surface area contributed by atoms with Crippen molar-refractivity contribution in [2.75, 3.05) is 0 Å². The van der Waals surface area contributed by atoms with Crippen LogP contribution in [0.25, 0.3) is 5.65 Å². The Labute approximate surface area is 69.5 Å². The quantitative estimate of drug-likeness (QED) is 0.676. The summed E-state index contributed by atoms with van der Waals surface area (Å²) in [4.78, 5) is 4.03. The number of pyridine rings is 1. The summed E-state index contributed by atoms with van der Waals surface area (Å²) in [7, 11) is 0. The molecule has 0 amide bonds. The highest BCUT2D eigenvalue weighted by Crippen LogP contribution is 2.15. The highest BCUT2D eigenvalue weighted by atomic mass is 16.3. The van der Waals surface area contributed by atoms with Gasteiger partial charge in [0.25, 0.3) is 0 Å². The number of aliphatic hydroxyl groups is 1. The molecule has 0 aromatic carbocycles. The maximum absolute atomic E-state index is 9.36. The molecule has 0 spiro atoms. The highest BCUT2D eigenvalue weighted by molar-refractivity contribution is 5.46. The van der Waals surface area contributed by atoms with Crippen molar-refractivity contribution in [2.45, 2.75) is 13.0 Å². The van der Waals surface area contributed by atoms with Gasteiger partial charge in [0.1, 0.15) is 6.33 Å². The summed E-state index contributed by atoms with van der Waals surface area (Å²) < 4.78 is 1.64. The molecule has 0 radical (unpaired) electrons. The lowest BCUT2D eigenvalue weighted by Crippen LogP contribution is -1.96. The second-order valence-electron chi connectivity index (χ2n) is 2.67. The van der Waals surface area contributed by atoms with Crippen LogP contribution in [-0.4, -0.2) is 19.7 Å². The lowest BCUT2D eigenvalue weighted by Gasteiger charge is -2.03. The largest absolute Gasteiger partial charge is 0.389 e. The third kappa shape index (κ3) is 0.967. The molecule has 2 aromatic rings. The zero-order chi connectivity index (χ0) is 8.55. The van der Waals surface area contributed by atoms with E-state index < -0.39 is 6.10 Å². The van der Waals surface area contributed by atoms with E-state index in [-0.39, 0.29) is 0 Å². The van der Waals surface area contributed by atoms with Crippen LogP contribution in [0.4, 0.5) is 0 Å². The second-order valence-corrected chi connectivity index (χ2v) is 2.67. The Bertz CT molecular complexity index is 394. The first-order valence-electron chi connectivity index (χ1n) is 3.75. The van der Waals surface area contributed by atoms with Crippen molar-refractivity contribution in [3.05, 3.63) is 30.2 Å². The lowest BCUT2D eigenvalue weighted by molar-refractivity contribution is 0.200. The summed E-state index contributed by atoms with van der Waals surface area (Å²) in [5, 5.41) is 13.3.